The van der Waals surface area contributed by atoms with Crippen LogP contribution in [0.3, 0.4) is 0 Å². The highest BCUT2D eigenvalue weighted by Gasteiger charge is 2.19. The number of esters is 1. The minimum atomic E-state index is -0.320. The zero-order valence-electron chi connectivity index (χ0n) is 17.2. The average molecular weight is 439 g/mol. The van der Waals surface area contributed by atoms with Crippen LogP contribution in [0, 0.1) is 0 Å². The molecule has 160 valence electrons. The van der Waals surface area contributed by atoms with Gasteiger partial charge in [0, 0.05) is 24.2 Å². The minimum Gasteiger partial charge on any atom is -0.469 e. The lowest BCUT2D eigenvalue weighted by molar-refractivity contribution is -0.140. The number of thiazole rings is 1. The SMILES string of the molecule is COC(=O)CCn1c(=NC(=O)c2ccc3c(c2)CCCC3)sc2cc3c(cc21)OCO3. The van der Waals surface area contributed by atoms with Crippen molar-refractivity contribution in [1.82, 2.24) is 4.57 Å². The van der Waals surface area contributed by atoms with Gasteiger partial charge in [-0.3, -0.25) is 9.59 Å². The van der Waals surface area contributed by atoms with Gasteiger partial charge in [-0.25, -0.2) is 0 Å². The van der Waals surface area contributed by atoms with Crippen LogP contribution in [0.5, 0.6) is 11.5 Å². The predicted molar refractivity (Wildman–Crippen MR) is 116 cm³/mol. The van der Waals surface area contributed by atoms with Gasteiger partial charge in [-0.05, 0) is 48.9 Å². The van der Waals surface area contributed by atoms with E-state index >= 15 is 0 Å². The lowest BCUT2D eigenvalue weighted by atomic mass is 9.90. The number of carbonyl (C=O) groups is 2. The van der Waals surface area contributed by atoms with Crippen molar-refractivity contribution in [2.24, 2.45) is 4.99 Å². The average Bonchev–Trinajstić information content (AvgIpc) is 3.38. The van der Waals surface area contributed by atoms with Crippen molar-refractivity contribution in [3.05, 3.63) is 51.8 Å². The molecule has 0 saturated heterocycles. The summed E-state index contributed by atoms with van der Waals surface area (Å²) in [4.78, 5) is 29.7. The fourth-order valence-electron chi connectivity index (χ4n) is 4.08. The largest absolute Gasteiger partial charge is 0.469 e. The van der Waals surface area contributed by atoms with E-state index in [2.05, 4.69) is 4.99 Å². The summed E-state index contributed by atoms with van der Waals surface area (Å²) in [6, 6.07) is 9.64. The molecule has 0 spiro atoms. The smallest absolute Gasteiger partial charge is 0.307 e. The fraction of sp³-hybridized carbons (Fsp3) is 0.348. The van der Waals surface area contributed by atoms with E-state index in [1.807, 2.05) is 34.9 Å². The number of ether oxygens (including phenoxy) is 3. The maximum atomic E-state index is 13.0. The highest BCUT2D eigenvalue weighted by molar-refractivity contribution is 7.16. The number of amides is 1. The van der Waals surface area contributed by atoms with Gasteiger partial charge in [-0.15, -0.1) is 0 Å². The number of rotatable bonds is 4. The Labute approximate surface area is 182 Å². The fourth-order valence-corrected chi connectivity index (χ4v) is 5.15. The molecular formula is C23H22N2O5S. The van der Waals surface area contributed by atoms with Gasteiger partial charge in [-0.1, -0.05) is 17.4 Å². The summed E-state index contributed by atoms with van der Waals surface area (Å²) < 4.78 is 18.5. The van der Waals surface area contributed by atoms with E-state index in [9.17, 15) is 9.59 Å². The molecule has 1 aliphatic heterocycles. The molecule has 0 bridgehead atoms. The van der Waals surface area contributed by atoms with Crippen molar-refractivity contribution in [2.45, 2.75) is 38.6 Å². The number of hydrogen-bond acceptors (Lipinski definition) is 6. The summed E-state index contributed by atoms with van der Waals surface area (Å²) in [6.07, 6.45) is 4.60. The number of nitrogens with zero attached hydrogens (tertiary/aromatic N) is 2. The molecule has 0 radical (unpaired) electrons. The van der Waals surface area contributed by atoms with Gasteiger partial charge >= 0.3 is 5.97 Å². The van der Waals surface area contributed by atoms with Crippen LogP contribution in [-0.2, 0) is 28.9 Å². The molecule has 0 N–H and O–H groups in total. The maximum absolute atomic E-state index is 13.0. The molecule has 1 aliphatic carbocycles. The molecule has 0 saturated carbocycles. The molecular weight excluding hydrogens is 416 g/mol. The molecule has 31 heavy (non-hydrogen) atoms. The van der Waals surface area contributed by atoms with Crippen LogP contribution in [-0.4, -0.2) is 30.3 Å². The van der Waals surface area contributed by atoms with Gasteiger partial charge < -0.3 is 18.8 Å². The summed E-state index contributed by atoms with van der Waals surface area (Å²) in [5.74, 6) is 0.706. The lowest BCUT2D eigenvalue weighted by Gasteiger charge is -2.15. The first kappa shape index (κ1) is 19.8. The molecule has 3 aromatic rings. The van der Waals surface area contributed by atoms with E-state index in [4.69, 9.17) is 14.2 Å². The third kappa shape index (κ3) is 3.83. The number of hydrogen-bond donors (Lipinski definition) is 0. The first-order valence-corrected chi connectivity index (χ1v) is 11.1. The predicted octanol–water partition coefficient (Wildman–Crippen LogP) is 3.61. The number of aromatic nitrogens is 1. The van der Waals surface area contributed by atoms with Crippen LogP contribution in [0.15, 0.2) is 35.3 Å². The second-order valence-corrected chi connectivity index (χ2v) is 8.65. The van der Waals surface area contributed by atoms with E-state index in [1.54, 1.807) is 0 Å². The van der Waals surface area contributed by atoms with Gasteiger partial charge in [0.2, 0.25) is 6.79 Å². The topological polar surface area (TPSA) is 79.1 Å². The maximum Gasteiger partial charge on any atom is 0.307 e. The summed E-state index contributed by atoms with van der Waals surface area (Å²) in [6.45, 7) is 0.533. The Morgan fingerprint density at radius 2 is 1.87 bits per heavy atom. The van der Waals surface area contributed by atoms with Gasteiger partial charge in [0.15, 0.2) is 16.3 Å². The second-order valence-electron chi connectivity index (χ2n) is 7.64. The molecule has 0 atom stereocenters. The lowest BCUT2D eigenvalue weighted by Crippen LogP contribution is -2.19. The molecule has 2 heterocycles. The first-order valence-electron chi connectivity index (χ1n) is 10.3. The zero-order valence-corrected chi connectivity index (χ0v) is 18.0. The van der Waals surface area contributed by atoms with Gasteiger partial charge in [0.05, 0.1) is 23.7 Å². The van der Waals surface area contributed by atoms with Crippen molar-refractivity contribution in [1.29, 1.82) is 0 Å². The first-order chi connectivity index (χ1) is 15.1. The van der Waals surface area contributed by atoms with Crippen molar-refractivity contribution >= 4 is 33.4 Å². The number of benzene rings is 2. The van der Waals surface area contributed by atoms with E-state index in [0.29, 0.717) is 28.4 Å². The third-order valence-electron chi connectivity index (χ3n) is 5.74. The van der Waals surface area contributed by atoms with Gasteiger partial charge in [0.1, 0.15) is 0 Å². The molecule has 1 amide bonds. The molecule has 1 aromatic heterocycles. The summed E-state index contributed by atoms with van der Waals surface area (Å²) in [5, 5.41) is 0. The van der Waals surface area contributed by atoms with Crippen molar-refractivity contribution in [2.75, 3.05) is 13.9 Å². The second kappa shape index (κ2) is 8.19. The Balaban J connectivity index is 1.56. The van der Waals surface area contributed by atoms with Crippen LogP contribution < -0.4 is 14.3 Å². The van der Waals surface area contributed by atoms with Gasteiger partial charge in [0.25, 0.3) is 5.91 Å². The van der Waals surface area contributed by atoms with Gasteiger partial charge in [-0.2, -0.15) is 4.99 Å². The minimum absolute atomic E-state index is 0.178. The number of methoxy groups -OCH3 is 1. The number of fused-ring (bicyclic) bond motifs is 3. The highest BCUT2D eigenvalue weighted by Crippen LogP contribution is 2.37. The number of carbonyl (C=O) groups excluding carboxylic acids is 2. The third-order valence-corrected chi connectivity index (χ3v) is 6.78. The Morgan fingerprint density at radius 3 is 2.68 bits per heavy atom. The Hall–Kier alpha value is -3.13. The van der Waals surface area contributed by atoms with Crippen LogP contribution in [0.2, 0.25) is 0 Å². The molecule has 5 rings (SSSR count). The van der Waals surface area contributed by atoms with Crippen LogP contribution in [0.25, 0.3) is 10.2 Å². The van der Waals surface area contributed by atoms with Crippen LogP contribution in [0.4, 0.5) is 0 Å². The normalized spacial score (nSPS) is 15.2. The molecule has 8 heteroatoms. The molecule has 0 fully saturated rings. The monoisotopic (exact) mass is 438 g/mol. The zero-order chi connectivity index (χ0) is 21.4. The van der Waals surface area contributed by atoms with Crippen molar-refractivity contribution in [3.63, 3.8) is 0 Å². The highest BCUT2D eigenvalue weighted by atomic mass is 32.1. The molecule has 2 aromatic carbocycles. The summed E-state index contributed by atoms with van der Waals surface area (Å²) >= 11 is 1.39. The quantitative estimate of drug-likeness (QED) is 0.582. The van der Waals surface area contributed by atoms with Crippen LogP contribution in [0.1, 0.15) is 40.7 Å². The van der Waals surface area contributed by atoms with E-state index in [0.717, 1.165) is 29.5 Å². The van der Waals surface area contributed by atoms with Crippen LogP contribution >= 0.6 is 11.3 Å². The molecule has 7 nitrogen and oxygen atoms in total. The Morgan fingerprint density at radius 1 is 1.10 bits per heavy atom. The van der Waals surface area contributed by atoms with E-state index < -0.39 is 0 Å². The Bertz CT molecular complexity index is 1260. The standard InChI is InChI=1S/C23H22N2O5S/c1-28-21(26)8-9-25-17-11-18-19(30-13-29-18)12-20(17)31-23(25)24-22(27)16-7-6-14-4-2-3-5-15(14)10-16/h6-7,10-12H,2-5,8-9,13H2,1H3. The van der Waals surface area contributed by atoms with E-state index in [1.165, 1.54) is 36.0 Å². The Kier molecular flexibility index (Phi) is 5.23. The van der Waals surface area contributed by atoms with Crippen molar-refractivity contribution < 1.29 is 23.8 Å². The van der Waals surface area contributed by atoms with E-state index in [-0.39, 0.29) is 25.1 Å². The summed E-state index contributed by atoms with van der Waals surface area (Å²) in [5.41, 5.74) is 4.00. The summed E-state index contributed by atoms with van der Waals surface area (Å²) in [7, 11) is 1.36. The van der Waals surface area contributed by atoms with Crippen molar-refractivity contribution in [3.8, 4) is 11.5 Å². The number of aryl methyl sites for hydroxylation is 3. The molecule has 0 unspecified atom stereocenters. The molecule has 2 aliphatic rings.